The van der Waals surface area contributed by atoms with E-state index in [1.807, 2.05) is 42.5 Å². The first kappa shape index (κ1) is 32.9. The van der Waals surface area contributed by atoms with Crippen LogP contribution in [0.5, 0.6) is 0 Å². The van der Waals surface area contributed by atoms with Gasteiger partial charge in [0.1, 0.15) is 12.6 Å². The lowest BCUT2D eigenvalue weighted by Crippen LogP contribution is -2.52. The van der Waals surface area contributed by atoms with Crippen LogP contribution in [0.3, 0.4) is 0 Å². The Morgan fingerprint density at radius 3 is 2.14 bits per heavy atom. The SMILES string of the molecule is CCOC(=O)CNC(=O)C(C(OC(=O)CC)C(C)C)C(c1ccc(-c2ccccc2)cc1)C1(CP(=O)(O)O)C=CC=N1. The molecule has 4 unspecified atom stereocenters. The summed E-state index contributed by atoms with van der Waals surface area (Å²) < 4.78 is 23.3. The summed E-state index contributed by atoms with van der Waals surface area (Å²) >= 11 is 0. The van der Waals surface area contributed by atoms with E-state index in [4.69, 9.17) is 9.47 Å². The monoisotopic (exact) mass is 598 g/mol. The fraction of sp³-hybridized carbons (Fsp3) is 0.419. The molecule has 10 nitrogen and oxygen atoms in total. The second kappa shape index (κ2) is 14.5. The van der Waals surface area contributed by atoms with Crippen molar-refractivity contribution in [3.8, 4) is 11.1 Å². The highest BCUT2D eigenvalue weighted by atomic mass is 31.2. The average molecular weight is 599 g/mol. The van der Waals surface area contributed by atoms with Crippen molar-refractivity contribution in [2.45, 2.75) is 51.7 Å². The number of hydrogen-bond acceptors (Lipinski definition) is 7. The van der Waals surface area contributed by atoms with Crippen LogP contribution in [0, 0.1) is 11.8 Å². The normalized spacial score (nSPS) is 18.4. The van der Waals surface area contributed by atoms with Gasteiger partial charge in [0, 0.05) is 18.6 Å². The molecule has 0 saturated carbocycles. The summed E-state index contributed by atoms with van der Waals surface area (Å²) in [6, 6.07) is 17.0. The van der Waals surface area contributed by atoms with Crippen LogP contribution >= 0.6 is 7.60 Å². The molecule has 0 aromatic heterocycles. The topological polar surface area (TPSA) is 152 Å². The van der Waals surface area contributed by atoms with Crippen molar-refractivity contribution >= 4 is 31.7 Å². The Morgan fingerprint density at radius 2 is 1.62 bits per heavy atom. The number of ether oxygens (including phenoxy) is 2. The van der Waals surface area contributed by atoms with E-state index < -0.39 is 61.6 Å². The number of aliphatic imine (C=N–C) groups is 1. The van der Waals surface area contributed by atoms with E-state index in [0.717, 1.165) is 11.1 Å². The van der Waals surface area contributed by atoms with Gasteiger partial charge in [0.15, 0.2) is 0 Å². The number of nitrogens with one attached hydrogen (secondary N) is 1. The van der Waals surface area contributed by atoms with Crippen LogP contribution in [0.1, 0.15) is 45.6 Å². The standard InChI is InChI=1S/C31H39N2O8P/c1-5-25(34)41-29(21(3)4)27(30(36)32-19-26(35)40-6-2)28(31(17-10-18-33-31)20-42(37,38)39)24-15-13-23(14-16-24)22-11-8-7-9-12-22/h7-18,21,27-29H,5-6,19-20H2,1-4H3,(H,32,36)(H2,37,38,39). The Bertz CT molecular complexity index is 1320. The molecule has 4 atom stereocenters. The number of amides is 1. The molecule has 2 aromatic carbocycles. The summed E-state index contributed by atoms with van der Waals surface area (Å²) in [4.78, 5) is 63.7. The Labute approximate surface area is 246 Å². The first-order chi connectivity index (χ1) is 19.9. The predicted octanol–water partition coefficient (Wildman–Crippen LogP) is 4.27. The molecule has 0 spiro atoms. The summed E-state index contributed by atoms with van der Waals surface area (Å²) in [5.41, 5.74) is 0.866. The van der Waals surface area contributed by atoms with Gasteiger partial charge in [-0.05, 0) is 35.6 Å². The number of carbonyl (C=O) groups is 3. The summed E-state index contributed by atoms with van der Waals surface area (Å²) in [6.45, 7) is 6.56. The minimum absolute atomic E-state index is 0.0580. The predicted molar refractivity (Wildman–Crippen MR) is 160 cm³/mol. The fourth-order valence-corrected chi connectivity index (χ4v) is 6.34. The van der Waals surface area contributed by atoms with Crippen molar-refractivity contribution < 1.29 is 38.2 Å². The molecule has 42 heavy (non-hydrogen) atoms. The lowest BCUT2D eigenvalue weighted by molar-refractivity contribution is -0.159. The second-order valence-corrected chi connectivity index (χ2v) is 12.2. The number of nitrogens with zero attached hydrogens (tertiary/aromatic N) is 1. The van der Waals surface area contributed by atoms with Crippen LogP contribution in [-0.2, 0) is 28.4 Å². The van der Waals surface area contributed by atoms with Crippen molar-refractivity contribution in [2.24, 2.45) is 16.8 Å². The van der Waals surface area contributed by atoms with E-state index in [2.05, 4.69) is 10.3 Å². The molecule has 226 valence electrons. The highest BCUT2D eigenvalue weighted by Gasteiger charge is 2.52. The third kappa shape index (κ3) is 8.47. The van der Waals surface area contributed by atoms with Crippen molar-refractivity contribution in [2.75, 3.05) is 19.3 Å². The van der Waals surface area contributed by atoms with E-state index in [1.165, 1.54) is 6.21 Å². The number of rotatable bonds is 14. The van der Waals surface area contributed by atoms with Crippen molar-refractivity contribution in [1.29, 1.82) is 0 Å². The minimum Gasteiger partial charge on any atom is -0.465 e. The third-order valence-electron chi connectivity index (χ3n) is 7.10. The van der Waals surface area contributed by atoms with E-state index in [0.29, 0.717) is 5.56 Å². The molecule has 1 aliphatic heterocycles. The van der Waals surface area contributed by atoms with Crippen LogP contribution in [0.15, 0.2) is 71.7 Å². The molecular weight excluding hydrogens is 559 g/mol. The van der Waals surface area contributed by atoms with Crippen LogP contribution in [0.2, 0.25) is 0 Å². The van der Waals surface area contributed by atoms with E-state index in [1.54, 1.807) is 52.0 Å². The molecule has 0 bridgehead atoms. The molecule has 0 aliphatic carbocycles. The van der Waals surface area contributed by atoms with Crippen LogP contribution < -0.4 is 5.32 Å². The molecule has 0 fully saturated rings. The van der Waals surface area contributed by atoms with Crippen LogP contribution in [0.25, 0.3) is 11.1 Å². The van der Waals surface area contributed by atoms with Gasteiger partial charge >= 0.3 is 19.5 Å². The van der Waals surface area contributed by atoms with Crippen molar-refractivity contribution in [3.05, 3.63) is 72.3 Å². The molecular formula is C31H39N2O8P. The quantitative estimate of drug-likeness (QED) is 0.215. The Hall–Kier alpha value is -3.59. The molecule has 3 rings (SSSR count). The second-order valence-electron chi connectivity index (χ2n) is 10.5. The smallest absolute Gasteiger partial charge is 0.328 e. The molecule has 2 aromatic rings. The molecule has 3 N–H and O–H groups in total. The highest BCUT2D eigenvalue weighted by Crippen LogP contribution is 2.51. The summed E-state index contributed by atoms with van der Waals surface area (Å²) in [5, 5.41) is 2.61. The van der Waals surface area contributed by atoms with Gasteiger partial charge in [-0.15, -0.1) is 0 Å². The largest absolute Gasteiger partial charge is 0.465 e. The van der Waals surface area contributed by atoms with E-state index in [-0.39, 0.29) is 18.9 Å². The van der Waals surface area contributed by atoms with Gasteiger partial charge in [0.2, 0.25) is 5.91 Å². The fourth-order valence-electron chi connectivity index (χ4n) is 5.30. The van der Waals surface area contributed by atoms with Crippen LogP contribution in [0.4, 0.5) is 0 Å². The van der Waals surface area contributed by atoms with Gasteiger partial charge in [-0.1, -0.05) is 81.4 Å². The Balaban J connectivity index is 2.23. The summed E-state index contributed by atoms with van der Waals surface area (Å²) in [7, 11) is -4.69. The van der Waals surface area contributed by atoms with Crippen LogP contribution in [-0.4, -0.2) is 64.8 Å². The molecule has 0 radical (unpaired) electrons. The van der Waals surface area contributed by atoms with Gasteiger partial charge in [0.05, 0.1) is 24.2 Å². The maximum Gasteiger partial charge on any atom is 0.328 e. The number of esters is 2. The summed E-state index contributed by atoms with van der Waals surface area (Å²) in [6.07, 6.45) is 2.95. The lowest BCUT2D eigenvalue weighted by atomic mass is 9.68. The minimum atomic E-state index is -4.69. The Morgan fingerprint density at radius 1 is 0.976 bits per heavy atom. The number of hydrogen-bond donors (Lipinski definition) is 3. The van der Waals surface area contributed by atoms with Gasteiger partial charge < -0.3 is 24.6 Å². The zero-order valence-electron chi connectivity index (χ0n) is 24.3. The Kier molecular flexibility index (Phi) is 11.4. The maximum atomic E-state index is 14.1. The molecule has 0 saturated heterocycles. The molecule has 11 heteroatoms. The number of carbonyl (C=O) groups excluding carboxylic acids is 3. The van der Waals surface area contributed by atoms with Gasteiger partial charge in [0.25, 0.3) is 0 Å². The third-order valence-corrected chi connectivity index (χ3v) is 8.02. The van der Waals surface area contributed by atoms with Crippen molar-refractivity contribution in [3.63, 3.8) is 0 Å². The van der Waals surface area contributed by atoms with E-state index >= 15 is 0 Å². The average Bonchev–Trinajstić information content (AvgIpc) is 3.41. The van der Waals surface area contributed by atoms with Gasteiger partial charge in [-0.25, -0.2) is 0 Å². The maximum absolute atomic E-state index is 14.1. The first-order valence-electron chi connectivity index (χ1n) is 14.0. The van der Waals surface area contributed by atoms with Gasteiger partial charge in [-0.3, -0.25) is 23.9 Å². The highest BCUT2D eigenvalue weighted by molar-refractivity contribution is 7.51. The molecule has 1 amide bonds. The molecule has 1 aliphatic rings. The van der Waals surface area contributed by atoms with Crippen molar-refractivity contribution in [1.82, 2.24) is 5.32 Å². The molecule has 1 heterocycles. The van der Waals surface area contributed by atoms with E-state index in [9.17, 15) is 28.7 Å². The zero-order valence-corrected chi connectivity index (χ0v) is 25.2. The van der Waals surface area contributed by atoms with Gasteiger partial charge in [-0.2, -0.15) is 0 Å². The first-order valence-corrected chi connectivity index (χ1v) is 15.8. The number of benzene rings is 2. The zero-order chi connectivity index (χ0) is 30.9. The summed E-state index contributed by atoms with van der Waals surface area (Å²) in [5.74, 6) is -4.39. The lowest BCUT2D eigenvalue weighted by Gasteiger charge is -2.42. The number of allylic oxidation sites excluding steroid dienone is 1.